The van der Waals surface area contributed by atoms with Gasteiger partial charge in [-0.2, -0.15) is 0 Å². The smallest absolute Gasteiger partial charge is 0.0489 e. The van der Waals surface area contributed by atoms with Crippen LogP contribution in [0.3, 0.4) is 0 Å². The van der Waals surface area contributed by atoms with Gasteiger partial charge in [0.1, 0.15) is 0 Å². The van der Waals surface area contributed by atoms with Crippen molar-refractivity contribution in [2.24, 2.45) is 0 Å². The van der Waals surface area contributed by atoms with Crippen LogP contribution in [0.4, 0.5) is 0 Å². The molecule has 6 heteroatoms. The molecule has 0 aliphatic rings. The summed E-state index contributed by atoms with van der Waals surface area (Å²) in [6, 6.07) is 11.9. The number of hydrogen-bond acceptors (Lipinski definition) is 1. The van der Waals surface area contributed by atoms with Crippen LogP contribution in [0.25, 0.3) is 0 Å². The molecule has 0 fully saturated rings. The minimum atomic E-state index is -0.938. The molecular weight excluding hydrogens is 536 g/mol. The van der Waals surface area contributed by atoms with Crippen molar-refractivity contribution >= 4 is 74.5 Å². The maximum atomic E-state index is 12.3. The molecule has 0 aromatic heterocycles. The monoisotopic (exact) mass is 542 g/mol. The predicted molar refractivity (Wildman–Crippen MR) is 99.2 cm³/mol. The summed E-state index contributed by atoms with van der Waals surface area (Å²) in [5.74, 6) is 1.09. The first-order valence-corrected chi connectivity index (χ1v) is 10.3. The van der Waals surface area contributed by atoms with Crippen LogP contribution in [0.5, 0.6) is 0 Å². The topological polar surface area (TPSA) is 17.1 Å². The highest BCUT2D eigenvalue weighted by Crippen LogP contribution is 2.23. The molecule has 0 atom stereocenters. The van der Waals surface area contributed by atoms with Gasteiger partial charge in [0.15, 0.2) is 0 Å². The molecule has 2 rings (SSSR count). The second kappa shape index (κ2) is 7.68. The molecule has 1 nitrogen and oxygen atoms in total. The summed E-state index contributed by atoms with van der Waals surface area (Å²) < 4.78 is 16.2. The van der Waals surface area contributed by atoms with Gasteiger partial charge in [-0.15, -0.1) is 0 Å². The Morgan fingerprint density at radius 1 is 0.650 bits per heavy atom. The van der Waals surface area contributed by atoms with Crippen LogP contribution in [-0.4, -0.2) is 4.21 Å². The van der Waals surface area contributed by atoms with E-state index < -0.39 is 10.8 Å². The van der Waals surface area contributed by atoms with Gasteiger partial charge in [-0.25, -0.2) is 0 Å². The summed E-state index contributed by atoms with van der Waals surface area (Å²) in [6.45, 7) is 0. The molecule has 0 saturated heterocycles. The third-order valence-corrected chi connectivity index (χ3v) is 5.64. The molecule has 2 aromatic rings. The number of halogens is 4. The van der Waals surface area contributed by atoms with Crippen molar-refractivity contribution in [2.45, 2.75) is 11.5 Å². The van der Waals surface area contributed by atoms with E-state index >= 15 is 0 Å². The van der Waals surface area contributed by atoms with Crippen molar-refractivity contribution in [1.29, 1.82) is 0 Å². The second-order valence-corrected chi connectivity index (χ2v) is 9.40. The van der Waals surface area contributed by atoms with Crippen molar-refractivity contribution in [3.63, 3.8) is 0 Å². The molecule has 0 unspecified atom stereocenters. The fourth-order valence-electron chi connectivity index (χ4n) is 1.81. The van der Waals surface area contributed by atoms with Crippen LogP contribution >= 0.6 is 63.7 Å². The highest BCUT2D eigenvalue weighted by molar-refractivity contribution is 9.11. The Hall–Kier alpha value is 0.510. The van der Waals surface area contributed by atoms with Crippen LogP contribution in [-0.2, 0) is 22.3 Å². The van der Waals surface area contributed by atoms with Crippen LogP contribution in [0.2, 0.25) is 0 Å². The summed E-state index contributed by atoms with van der Waals surface area (Å²) in [4.78, 5) is 0. The molecule has 0 aliphatic heterocycles. The van der Waals surface area contributed by atoms with E-state index in [1.54, 1.807) is 0 Å². The van der Waals surface area contributed by atoms with Crippen molar-refractivity contribution in [1.82, 2.24) is 0 Å². The van der Waals surface area contributed by atoms with Gasteiger partial charge < -0.3 is 0 Å². The number of rotatable bonds is 4. The van der Waals surface area contributed by atoms with Crippen LogP contribution in [0, 0.1) is 0 Å². The third-order valence-electron chi connectivity index (χ3n) is 2.50. The predicted octanol–water partition coefficient (Wildman–Crippen LogP) is 6.19. The van der Waals surface area contributed by atoms with E-state index in [0.29, 0.717) is 11.5 Å². The average molecular weight is 546 g/mol. The van der Waals surface area contributed by atoms with E-state index in [0.717, 1.165) is 29.0 Å². The van der Waals surface area contributed by atoms with Crippen LogP contribution in [0.15, 0.2) is 54.3 Å². The van der Waals surface area contributed by atoms with E-state index in [4.69, 9.17) is 0 Å². The molecule has 0 amide bonds. The van der Waals surface area contributed by atoms with Gasteiger partial charge in [-0.1, -0.05) is 63.7 Å². The van der Waals surface area contributed by atoms with E-state index in [1.807, 2.05) is 36.4 Å². The van der Waals surface area contributed by atoms with E-state index in [2.05, 4.69) is 63.7 Å². The first-order valence-electron chi connectivity index (χ1n) is 5.67. The molecule has 0 heterocycles. The Morgan fingerprint density at radius 3 is 1.25 bits per heavy atom. The number of benzene rings is 2. The third kappa shape index (κ3) is 5.37. The first kappa shape index (κ1) is 16.9. The summed E-state index contributed by atoms with van der Waals surface area (Å²) >= 11 is 13.8. The fourth-order valence-corrected chi connectivity index (χ4v) is 5.77. The van der Waals surface area contributed by atoms with Crippen molar-refractivity contribution in [2.75, 3.05) is 0 Å². The van der Waals surface area contributed by atoms with Crippen LogP contribution < -0.4 is 0 Å². The minimum absolute atomic E-state index is 0.544. The van der Waals surface area contributed by atoms with E-state index in [-0.39, 0.29) is 0 Å². The molecular formula is C14H10Br4OS. The lowest BCUT2D eigenvalue weighted by Gasteiger charge is -2.06. The fraction of sp³-hybridized carbons (Fsp3) is 0.143. The Balaban J connectivity index is 2.08. The maximum Gasteiger partial charge on any atom is 0.0489 e. The van der Waals surface area contributed by atoms with Crippen LogP contribution in [0.1, 0.15) is 11.1 Å². The zero-order valence-electron chi connectivity index (χ0n) is 10.2. The molecule has 20 heavy (non-hydrogen) atoms. The standard InChI is InChI=1S/C14H10Br4OS/c15-11-1-9(2-12(16)5-11)7-20(19)8-10-3-13(17)6-14(18)4-10/h1-6H,7-8H2. The quantitative estimate of drug-likeness (QED) is 0.448. The lowest BCUT2D eigenvalue weighted by Crippen LogP contribution is -2.00. The summed E-state index contributed by atoms with van der Waals surface area (Å²) in [5.41, 5.74) is 2.11. The molecule has 0 spiro atoms. The molecule has 0 radical (unpaired) electrons. The molecule has 106 valence electrons. The molecule has 0 bridgehead atoms. The zero-order chi connectivity index (χ0) is 14.7. The largest absolute Gasteiger partial charge is 0.259 e. The van der Waals surface area contributed by atoms with Gasteiger partial charge in [-0.3, -0.25) is 4.21 Å². The maximum absolute atomic E-state index is 12.3. The normalized spacial score (nSPS) is 11.1. The Labute approximate surface area is 154 Å². The summed E-state index contributed by atoms with van der Waals surface area (Å²) in [5, 5.41) is 0. The van der Waals surface area contributed by atoms with Gasteiger partial charge >= 0.3 is 0 Å². The van der Waals surface area contributed by atoms with Crippen molar-refractivity contribution < 1.29 is 4.21 Å². The van der Waals surface area contributed by atoms with Gasteiger partial charge in [0.05, 0.1) is 0 Å². The lowest BCUT2D eigenvalue weighted by molar-refractivity contribution is 0.682. The van der Waals surface area contributed by atoms with Crippen molar-refractivity contribution in [3.05, 3.63) is 65.4 Å². The van der Waals surface area contributed by atoms with Gasteiger partial charge in [0.25, 0.3) is 0 Å². The highest BCUT2D eigenvalue weighted by Gasteiger charge is 2.07. The van der Waals surface area contributed by atoms with E-state index in [1.165, 1.54) is 0 Å². The second-order valence-electron chi connectivity index (χ2n) is 4.28. The SMILES string of the molecule is O=S(Cc1cc(Br)cc(Br)c1)Cc1cc(Br)cc(Br)c1. The van der Waals surface area contributed by atoms with Gasteiger partial charge in [0, 0.05) is 40.2 Å². The Bertz CT molecular complexity index is 562. The van der Waals surface area contributed by atoms with Crippen molar-refractivity contribution in [3.8, 4) is 0 Å². The average Bonchev–Trinajstić information content (AvgIpc) is 2.24. The molecule has 0 saturated carbocycles. The van der Waals surface area contributed by atoms with Gasteiger partial charge in [-0.05, 0) is 47.5 Å². The number of hydrogen-bond donors (Lipinski definition) is 0. The Morgan fingerprint density at radius 2 is 0.950 bits per heavy atom. The minimum Gasteiger partial charge on any atom is -0.259 e. The molecule has 0 N–H and O–H groups in total. The molecule has 2 aromatic carbocycles. The first-order chi connectivity index (χ1) is 9.42. The zero-order valence-corrected chi connectivity index (χ0v) is 17.4. The summed E-state index contributed by atoms with van der Waals surface area (Å²) in [7, 11) is -0.938. The van der Waals surface area contributed by atoms with Gasteiger partial charge in [0.2, 0.25) is 0 Å². The lowest BCUT2D eigenvalue weighted by atomic mass is 10.2. The highest BCUT2D eigenvalue weighted by atomic mass is 79.9. The Kier molecular flexibility index (Phi) is 6.48. The van der Waals surface area contributed by atoms with E-state index in [9.17, 15) is 4.21 Å². The summed E-state index contributed by atoms with van der Waals surface area (Å²) in [6.07, 6.45) is 0. The molecule has 0 aliphatic carbocycles.